The average molecular weight is 325 g/mol. The molecule has 2 rings (SSSR count). The minimum absolute atomic E-state index is 0. The van der Waals surface area contributed by atoms with Crippen molar-refractivity contribution >= 4 is 47.3 Å². The molecule has 0 saturated carbocycles. The number of hydroxylamine groups is 2. The lowest BCUT2D eigenvalue weighted by molar-refractivity contribution is -0.180. The summed E-state index contributed by atoms with van der Waals surface area (Å²) in [7, 11) is 0. The van der Waals surface area contributed by atoms with Crippen LogP contribution in [0.15, 0.2) is 17.1 Å². The van der Waals surface area contributed by atoms with Gasteiger partial charge in [-0.25, -0.2) is 4.99 Å². The number of fused-ring (bicyclic) bond motifs is 1. The number of rotatable bonds is 1. The molecule has 0 radical (unpaired) electrons. The van der Waals surface area contributed by atoms with Gasteiger partial charge in [-0.05, 0) is 19.1 Å². The van der Waals surface area contributed by atoms with E-state index in [4.69, 9.17) is 33.8 Å². The van der Waals surface area contributed by atoms with Gasteiger partial charge in [0.1, 0.15) is 0 Å². The molecule has 1 unspecified atom stereocenters. The van der Waals surface area contributed by atoms with Gasteiger partial charge in [-0.3, -0.25) is 10.5 Å². The molecule has 1 aliphatic heterocycles. The van der Waals surface area contributed by atoms with Gasteiger partial charge in [-0.1, -0.05) is 23.2 Å². The summed E-state index contributed by atoms with van der Waals surface area (Å²) < 4.78 is 0. The Bertz CT molecular complexity index is 633. The first-order valence-corrected chi connectivity index (χ1v) is 5.93. The van der Waals surface area contributed by atoms with Gasteiger partial charge in [-0.2, -0.15) is 5.06 Å². The summed E-state index contributed by atoms with van der Waals surface area (Å²) in [4.78, 5) is 20.2. The Morgan fingerprint density at radius 2 is 2.11 bits per heavy atom. The van der Waals surface area contributed by atoms with Gasteiger partial charge in [0, 0.05) is 12.1 Å². The van der Waals surface area contributed by atoms with Crippen molar-refractivity contribution in [3.63, 3.8) is 0 Å². The lowest BCUT2D eigenvalue weighted by Crippen LogP contribution is -2.50. The Hall–Kier alpha value is -1.01. The maximum Gasteiger partial charge on any atom is 0.329 e. The number of benzene rings is 1. The zero-order chi connectivity index (χ0) is 13.4. The van der Waals surface area contributed by atoms with Crippen LogP contribution in [0, 0.1) is 0 Å². The summed E-state index contributed by atoms with van der Waals surface area (Å²) in [5, 5.41) is 3.22. The predicted octanol–water partition coefficient (Wildman–Crippen LogP) is 1.20. The van der Waals surface area contributed by atoms with Crippen LogP contribution in [-0.2, 0) is 9.63 Å². The highest BCUT2D eigenvalue weighted by Gasteiger charge is 2.23. The molecule has 1 atom stereocenters. The molecule has 0 aliphatic carbocycles. The van der Waals surface area contributed by atoms with E-state index in [1.807, 2.05) is 0 Å². The Labute approximate surface area is 126 Å². The van der Waals surface area contributed by atoms with Crippen molar-refractivity contribution in [1.82, 2.24) is 5.06 Å². The van der Waals surface area contributed by atoms with Gasteiger partial charge >= 0.3 is 5.97 Å². The highest BCUT2D eigenvalue weighted by Crippen LogP contribution is 2.18. The number of nitrogens with zero attached hydrogens (tertiary/aromatic N) is 2. The summed E-state index contributed by atoms with van der Waals surface area (Å²) in [5.41, 5.74) is 6.40. The maximum absolute atomic E-state index is 11.0. The molecule has 0 saturated heterocycles. The third-order valence-electron chi connectivity index (χ3n) is 2.50. The van der Waals surface area contributed by atoms with Gasteiger partial charge in [0.2, 0.25) is 6.29 Å². The molecule has 1 aromatic rings. The number of hydrogen-bond donors (Lipinski definition) is 1. The fourth-order valence-corrected chi connectivity index (χ4v) is 2.21. The maximum atomic E-state index is 11.0. The van der Waals surface area contributed by atoms with Crippen molar-refractivity contribution in [2.45, 2.75) is 20.1 Å². The second kappa shape index (κ2) is 5.96. The zero-order valence-electron chi connectivity index (χ0n) is 10.2. The molecule has 5 nitrogen and oxygen atoms in total. The number of nitrogens with two attached hydrogens (primary N) is 1. The molecule has 2 N–H and O–H groups in total. The van der Waals surface area contributed by atoms with Crippen LogP contribution in [0.5, 0.6) is 0 Å². The van der Waals surface area contributed by atoms with Gasteiger partial charge < -0.3 is 4.84 Å². The Kier molecular flexibility index (Phi) is 5.04. The molecular formula is C11H12Cl3N3O2. The molecule has 19 heavy (non-hydrogen) atoms. The highest BCUT2D eigenvalue weighted by atomic mass is 35.5. The van der Waals surface area contributed by atoms with Gasteiger partial charge in [-0.15, -0.1) is 12.4 Å². The van der Waals surface area contributed by atoms with E-state index in [0.29, 0.717) is 26.3 Å². The summed E-state index contributed by atoms with van der Waals surface area (Å²) in [6.45, 7) is 3.02. The van der Waals surface area contributed by atoms with E-state index in [0.717, 1.165) is 0 Å². The third kappa shape index (κ3) is 2.95. The molecule has 1 heterocycles. The number of carbonyl (C=O) groups is 1. The average Bonchev–Trinajstić information content (AvgIpc) is 2.29. The summed E-state index contributed by atoms with van der Waals surface area (Å²) in [6, 6.07) is 3.37. The van der Waals surface area contributed by atoms with E-state index in [2.05, 4.69) is 4.99 Å². The lowest BCUT2D eigenvalue weighted by Gasteiger charge is -2.29. The largest absolute Gasteiger partial charge is 0.338 e. The molecule has 1 aromatic carbocycles. The Morgan fingerprint density at radius 3 is 2.68 bits per heavy atom. The molecule has 0 amide bonds. The summed E-state index contributed by atoms with van der Waals surface area (Å²) in [5.74, 6) is -0.485. The van der Waals surface area contributed by atoms with Crippen molar-refractivity contribution in [1.29, 1.82) is 0 Å². The highest BCUT2D eigenvalue weighted by molar-refractivity contribution is 6.42. The van der Waals surface area contributed by atoms with Crippen LogP contribution in [0.2, 0.25) is 10.0 Å². The molecule has 0 fully saturated rings. The minimum Gasteiger partial charge on any atom is -0.338 e. The first-order chi connectivity index (χ1) is 8.41. The van der Waals surface area contributed by atoms with Gasteiger partial charge in [0.15, 0.2) is 0 Å². The molecule has 104 valence electrons. The van der Waals surface area contributed by atoms with Crippen LogP contribution in [0.3, 0.4) is 0 Å². The Balaban J connectivity index is 0.00000180. The standard InChI is InChI=1S/C11H11Cl2N3O2.ClH/c1-5-9-8(4-3-7(12)10(9)13)15-11(14)16(5)18-6(2)17;/h3-4,11H,14H2,1-2H3;1H. The number of halogens is 3. The second-order valence-corrected chi connectivity index (χ2v) is 4.58. The topological polar surface area (TPSA) is 67.9 Å². The predicted molar refractivity (Wildman–Crippen MR) is 75.2 cm³/mol. The lowest BCUT2D eigenvalue weighted by atomic mass is 10.2. The second-order valence-electron chi connectivity index (χ2n) is 3.79. The van der Waals surface area contributed by atoms with Gasteiger partial charge in [0.05, 0.1) is 21.1 Å². The molecule has 0 aromatic heterocycles. The minimum atomic E-state index is -0.793. The van der Waals surface area contributed by atoms with E-state index in [1.165, 1.54) is 12.0 Å². The van der Waals surface area contributed by atoms with E-state index in [1.54, 1.807) is 19.1 Å². The van der Waals surface area contributed by atoms with Crippen LogP contribution >= 0.6 is 35.6 Å². The summed E-state index contributed by atoms with van der Waals surface area (Å²) in [6.07, 6.45) is -0.793. The van der Waals surface area contributed by atoms with E-state index in [-0.39, 0.29) is 12.4 Å². The first-order valence-electron chi connectivity index (χ1n) is 5.18. The Morgan fingerprint density at radius 1 is 1.47 bits per heavy atom. The zero-order valence-corrected chi connectivity index (χ0v) is 12.5. The SMILES string of the molecule is CC(=O)ON1C(C)=c2c(Cl)c(Cl)ccc2=NC1N.Cl. The molecule has 1 aliphatic rings. The first kappa shape index (κ1) is 16.0. The quantitative estimate of drug-likeness (QED) is 0.843. The van der Waals surface area contributed by atoms with Gasteiger partial charge in [0.25, 0.3) is 0 Å². The van der Waals surface area contributed by atoms with Crippen molar-refractivity contribution in [2.24, 2.45) is 10.7 Å². The molecular weight excluding hydrogens is 312 g/mol. The van der Waals surface area contributed by atoms with E-state index < -0.39 is 12.3 Å². The van der Waals surface area contributed by atoms with E-state index in [9.17, 15) is 4.79 Å². The van der Waals surface area contributed by atoms with E-state index >= 15 is 0 Å². The van der Waals surface area contributed by atoms with Crippen LogP contribution < -0.4 is 16.3 Å². The smallest absolute Gasteiger partial charge is 0.329 e. The van der Waals surface area contributed by atoms with Crippen molar-refractivity contribution in [2.75, 3.05) is 0 Å². The number of carbonyl (C=O) groups excluding carboxylic acids is 1. The normalized spacial score (nSPS) is 17.2. The van der Waals surface area contributed by atoms with Crippen LogP contribution in [0.1, 0.15) is 13.8 Å². The molecule has 0 bridgehead atoms. The summed E-state index contributed by atoms with van der Waals surface area (Å²) >= 11 is 12.1. The van der Waals surface area contributed by atoms with Crippen LogP contribution in [0.4, 0.5) is 0 Å². The fourth-order valence-electron chi connectivity index (χ4n) is 1.76. The van der Waals surface area contributed by atoms with Crippen molar-refractivity contribution < 1.29 is 9.63 Å². The van der Waals surface area contributed by atoms with Crippen LogP contribution in [0.25, 0.3) is 5.70 Å². The number of hydrogen-bond acceptors (Lipinski definition) is 5. The van der Waals surface area contributed by atoms with Crippen molar-refractivity contribution in [3.05, 3.63) is 32.8 Å². The van der Waals surface area contributed by atoms with Crippen molar-refractivity contribution in [3.8, 4) is 0 Å². The molecule has 0 spiro atoms. The third-order valence-corrected chi connectivity index (χ3v) is 3.31. The fraction of sp³-hybridized carbons (Fsp3) is 0.273. The molecule has 8 heteroatoms. The van der Waals surface area contributed by atoms with Crippen LogP contribution in [-0.4, -0.2) is 17.3 Å². The monoisotopic (exact) mass is 323 g/mol.